The average Bonchev–Trinajstić information content (AvgIpc) is 3.34. The van der Waals surface area contributed by atoms with Crippen molar-refractivity contribution in [3.05, 3.63) is 106 Å². The maximum absolute atomic E-state index is 12.8. The van der Waals surface area contributed by atoms with Gasteiger partial charge >= 0.3 is 11.9 Å². The molecule has 356 valence electrons. The molecule has 0 saturated heterocycles. The first-order valence-corrected chi connectivity index (χ1v) is 22.5. The van der Waals surface area contributed by atoms with E-state index in [-0.39, 0.29) is 25.3 Å². The molecule has 0 spiro atoms. The molecule has 0 N–H and O–H groups in total. The Bertz CT molecular complexity index is 2190. The van der Waals surface area contributed by atoms with Crippen LogP contribution in [0.3, 0.4) is 0 Å². The molecule has 0 aromatic heterocycles. The van der Waals surface area contributed by atoms with Crippen LogP contribution in [0.5, 0.6) is 46.0 Å². The van der Waals surface area contributed by atoms with E-state index in [1.165, 1.54) is 22.3 Å². The highest BCUT2D eigenvalue weighted by Gasteiger charge is 2.41. The monoisotopic (exact) mass is 912 g/mol. The number of methoxy groups -OCH3 is 8. The summed E-state index contributed by atoms with van der Waals surface area (Å²) in [4.78, 5) is 25.6. The fourth-order valence-corrected chi connectivity index (χ4v) is 9.75. The van der Waals surface area contributed by atoms with Gasteiger partial charge in [0.2, 0.25) is 0 Å². The van der Waals surface area contributed by atoms with Gasteiger partial charge in [-0.05, 0) is 70.8 Å². The van der Waals surface area contributed by atoms with Crippen LogP contribution in [0.15, 0.2) is 72.8 Å². The van der Waals surface area contributed by atoms with Crippen LogP contribution in [-0.2, 0) is 44.7 Å². The molecule has 14 heteroatoms. The van der Waals surface area contributed by atoms with Crippen molar-refractivity contribution in [1.29, 1.82) is 0 Å². The molecule has 6 rings (SSSR count). The quantitative estimate of drug-likeness (QED) is 0.0337. The van der Waals surface area contributed by atoms with Crippen LogP contribution in [0, 0.1) is 0 Å². The second kappa shape index (κ2) is 22.4. The van der Waals surface area contributed by atoms with Crippen LogP contribution in [0.25, 0.3) is 0 Å². The van der Waals surface area contributed by atoms with Gasteiger partial charge in [-0.3, -0.25) is 0 Å². The van der Waals surface area contributed by atoms with Gasteiger partial charge in [0.1, 0.15) is 12.1 Å². The molecule has 0 fully saturated rings. The minimum absolute atomic E-state index is 0.0726. The van der Waals surface area contributed by atoms with E-state index >= 15 is 0 Å². The number of hydrogen-bond donors (Lipinski definition) is 0. The van der Waals surface area contributed by atoms with Crippen molar-refractivity contribution in [2.75, 3.05) is 110 Å². The number of quaternary nitrogens is 2. The number of ether oxygens (including phenoxy) is 10. The Morgan fingerprint density at radius 1 is 0.485 bits per heavy atom. The van der Waals surface area contributed by atoms with Gasteiger partial charge in [0.05, 0.1) is 110 Å². The highest BCUT2D eigenvalue weighted by atomic mass is 16.5. The maximum Gasteiger partial charge on any atom is 0.331 e. The predicted octanol–water partition coefficient (Wildman–Crippen LogP) is 7.45. The number of rotatable bonds is 22. The fourth-order valence-electron chi connectivity index (χ4n) is 9.75. The van der Waals surface area contributed by atoms with Crippen molar-refractivity contribution in [2.45, 2.75) is 50.6 Å². The Morgan fingerprint density at radius 3 is 1.17 bits per heavy atom. The van der Waals surface area contributed by atoms with Gasteiger partial charge < -0.3 is 56.3 Å². The number of carbonyl (C=O) groups is 2. The molecule has 2 aliphatic heterocycles. The SMILES string of the molecule is COc1ccc(C[C@@H]2c3cc(OC)c(OC)cc3CC[N+]2(C)CCCOC(=O)/C=C/C(=O)OCCC[N+]2(C)CCc3cc(OC)c(OC)cc3[C@H]2Cc2ccc(OC)c(OC)c2)cc1OC. The molecule has 2 unspecified atom stereocenters. The smallest absolute Gasteiger partial charge is 0.331 e. The van der Waals surface area contributed by atoms with E-state index in [2.05, 4.69) is 50.5 Å². The number of nitrogens with zero attached hydrogens (tertiary/aromatic N) is 2. The molecule has 0 amide bonds. The van der Waals surface area contributed by atoms with E-state index in [1.54, 1.807) is 56.9 Å². The second-order valence-electron chi connectivity index (χ2n) is 17.4. The van der Waals surface area contributed by atoms with Crippen molar-refractivity contribution >= 4 is 11.9 Å². The zero-order valence-corrected chi connectivity index (χ0v) is 40.4. The van der Waals surface area contributed by atoms with Crippen LogP contribution in [0.1, 0.15) is 58.3 Å². The standard InChI is InChI=1S/C52H68N2O12/c1-53(23-19-37-31-47(61-7)49(63-9)33-39(37)41(53)27-35-13-15-43(57-3)45(29-35)59-5)21-11-25-65-51(55)17-18-52(56)66-26-12-22-54(2)24-20-38-32-48(62-8)50(64-10)34-40(38)42(54)28-36-14-16-44(58-4)46(30-36)60-6/h13-18,29-34,41-42H,11-12,19-28H2,1-10H3/q+2/b18-17+/t41-,42-,53?,54?/m1/s1. The van der Waals surface area contributed by atoms with E-state index in [0.29, 0.717) is 58.8 Å². The summed E-state index contributed by atoms with van der Waals surface area (Å²) in [5.74, 6) is 4.31. The number of esters is 2. The van der Waals surface area contributed by atoms with Crippen molar-refractivity contribution in [3.8, 4) is 46.0 Å². The number of benzene rings is 4. The van der Waals surface area contributed by atoms with Crippen molar-refractivity contribution < 1.29 is 65.9 Å². The predicted molar refractivity (Wildman–Crippen MR) is 251 cm³/mol. The zero-order chi connectivity index (χ0) is 47.4. The fraction of sp³-hybridized carbons (Fsp3) is 0.462. The lowest BCUT2D eigenvalue weighted by Crippen LogP contribution is -2.52. The second-order valence-corrected chi connectivity index (χ2v) is 17.4. The molecule has 2 aliphatic rings. The van der Waals surface area contributed by atoms with Crippen LogP contribution < -0.4 is 37.9 Å². The topological polar surface area (TPSA) is 126 Å². The van der Waals surface area contributed by atoms with Gasteiger partial charge in [0.25, 0.3) is 0 Å². The number of hydrogen-bond acceptors (Lipinski definition) is 12. The largest absolute Gasteiger partial charge is 0.493 e. The third-order valence-electron chi connectivity index (χ3n) is 13.5. The minimum Gasteiger partial charge on any atom is -0.493 e. The van der Waals surface area contributed by atoms with Crippen molar-refractivity contribution in [1.82, 2.24) is 0 Å². The van der Waals surface area contributed by atoms with E-state index < -0.39 is 11.9 Å². The summed E-state index contributed by atoms with van der Waals surface area (Å²) in [6.07, 6.45) is 6.73. The lowest BCUT2D eigenvalue weighted by molar-refractivity contribution is -0.941. The molecule has 2 heterocycles. The molecule has 14 nitrogen and oxygen atoms in total. The molecule has 0 radical (unpaired) electrons. The molecule has 66 heavy (non-hydrogen) atoms. The summed E-state index contributed by atoms with van der Waals surface area (Å²) in [5, 5.41) is 0. The number of fused-ring (bicyclic) bond motifs is 2. The first-order chi connectivity index (χ1) is 31.9. The molecule has 4 atom stereocenters. The lowest BCUT2D eigenvalue weighted by atomic mass is 9.86. The molecule has 0 bridgehead atoms. The van der Waals surface area contributed by atoms with Crippen LogP contribution in [0.2, 0.25) is 0 Å². The van der Waals surface area contributed by atoms with Gasteiger partial charge in [0.15, 0.2) is 46.0 Å². The highest BCUT2D eigenvalue weighted by Crippen LogP contribution is 2.45. The first kappa shape index (κ1) is 49.3. The summed E-state index contributed by atoms with van der Waals surface area (Å²) in [6.45, 7) is 3.69. The van der Waals surface area contributed by atoms with E-state index in [0.717, 1.165) is 84.1 Å². The summed E-state index contributed by atoms with van der Waals surface area (Å²) < 4.78 is 57.7. The highest BCUT2D eigenvalue weighted by molar-refractivity contribution is 5.91. The number of carbonyl (C=O) groups excluding carboxylic acids is 2. The van der Waals surface area contributed by atoms with Crippen LogP contribution in [-0.4, -0.2) is 131 Å². The van der Waals surface area contributed by atoms with Gasteiger partial charge in [0, 0.05) is 61.8 Å². The molecular formula is C52H68N2O12+2. The average molecular weight is 913 g/mol. The third kappa shape index (κ3) is 11.3. The van der Waals surface area contributed by atoms with Gasteiger partial charge in [-0.25, -0.2) is 9.59 Å². The molecule has 0 saturated carbocycles. The van der Waals surface area contributed by atoms with Gasteiger partial charge in [-0.1, -0.05) is 12.1 Å². The van der Waals surface area contributed by atoms with Gasteiger partial charge in [-0.15, -0.1) is 0 Å². The van der Waals surface area contributed by atoms with E-state index in [4.69, 9.17) is 47.4 Å². The molecule has 0 aliphatic carbocycles. The Balaban J connectivity index is 1.04. The zero-order valence-electron chi connectivity index (χ0n) is 40.4. The van der Waals surface area contributed by atoms with Crippen molar-refractivity contribution in [2.24, 2.45) is 0 Å². The molecule has 4 aromatic rings. The molecule has 4 aromatic carbocycles. The van der Waals surface area contributed by atoms with E-state index in [1.807, 2.05) is 24.3 Å². The van der Waals surface area contributed by atoms with E-state index in [9.17, 15) is 9.59 Å². The Labute approximate surface area is 390 Å². The maximum atomic E-state index is 12.8. The lowest BCUT2D eigenvalue weighted by Gasteiger charge is -2.46. The summed E-state index contributed by atoms with van der Waals surface area (Å²) >= 11 is 0. The van der Waals surface area contributed by atoms with Crippen molar-refractivity contribution in [3.63, 3.8) is 0 Å². The van der Waals surface area contributed by atoms with Gasteiger partial charge in [-0.2, -0.15) is 0 Å². The number of likely N-dealkylation sites (N-methyl/N-ethyl adjacent to an activating group) is 2. The normalized spacial score (nSPS) is 19.8. The molecular weight excluding hydrogens is 845 g/mol. The first-order valence-electron chi connectivity index (χ1n) is 22.5. The van der Waals surface area contributed by atoms with Crippen LogP contribution >= 0.6 is 0 Å². The van der Waals surface area contributed by atoms with Crippen LogP contribution in [0.4, 0.5) is 0 Å². The minimum atomic E-state index is -0.590. The summed E-state index contributed by atoms with van der Waals surface area (Å²) in [7, 11) is 17.7. The third-order valence-corrected chi connectivity index (χ3v) is 13.5. The Morgan fingerprint density at radius 2 is 0.818 bits per heavy atom. The Kier molecular flexibility index (Phi) is 16.7. The summed E-state index contributed by atoms with van der Waals surface area (Å²) in [6, 6.07) is 20.6. The summed E-state index contributed by atoms with van der Waals surface area (Å²) in [5.41, 5.74) is 7.06. The Hall–Kier alpha value is -6.12.